The third-order valence-electron chi connectivity index (χ3n) is 2.56. The van der Waals surface area contributed by atoms with Crippen molar-refractivity contribution in [2.45, 2.75) is 0 Å². The number of halogens is 2. The second kappa shape index (κ2) is 4.17. The Hall–Kier alpha value is -1.32. The smallest absolute Gasteiger partial charge is 0.237 e. The topological polar surface area (TPSA) is 34.5 Å². The average Bonchev–Trinajstić information content (AvgIpc) is 2.87. The van der Waals surface area contributed by atoms with E-state index in [1.807, 2.05) is 24.3 Å². The van der Waals surface area contributed by atoms with E-state index in [1.54, 1.807) is 0 Å². The lowest BCUT2D eigenvalue weighted by Crippen LogP contribution is -2.05. The van der Waals surface area contributed by atoms with Crippen LogP contribution in [-0.4, -0.2) is 24.0 Å². The van der Waals surface area contributed by atoms with Crippen LogP contribution >= 0.6 is 23.2 Å². The monoisotopic (exact) mass is 266 g/mol. The van der Waals surface area contributed by atoms with Crippen molar-refractivity contribution in [3.63, 3.8) is 0 Å². The summed E-state index contributed by atoms with van der Waals surface area (Å²) in [6.07, 6.45) is 0. The third-order valence-corrected chi connectivity index (χ3v) is 3.42. The number of rotatable bonds is 1. The first-order valence-corrected chi connectivity index (χ1v) is 5.94. The fourth-order valence-corrected chi connectivity index (χ4v) is 2.24. The molecule has 0 saturated carbocycles. The summed E-state index contributed by atoms with van der Waals surface area (Å²) in [5, 5.41) is 1.72. The van der Waals surface area contributed by atoms with Gasteiger partial charge in [0, 0.05) is 5.39 Å². The van der Waals surface area contributed by atoms with Crippen LogP contribution in [0.5, 0.6) is 0 Å². The number of pyridine rings is 1. The quantitative estimate of drug-likeness (QED) is 0.794. The van der Waals surface area contributed by atoms with Gasteiger partial charge in [0.05, 0.1) is 22.1 Å². The van der Waals surface area contributed by atoms with Gasteiger partial charge in [0.15, 0.2) is 0 Å². The number of aliphatic imine (C=N–C) groups is 1. The van der Waals surface area contributed by atoms with Crippen molar-refractivity contribution in [2.24, 2.45) is 4.99 Å². The van der Waals surface area contributed by atoms with E-state index < -0.39 is 0 Å². The number of hydrogen-bond acceptors (Lipinski definition) is 3. The molecule has 1 aromatic heterocycles. The molecule has 3 rings (SSSR count). The van der Waals surface area contributed by atoms with Crippen LogP contribution in [-0.2, 0) is 4.74 Å². The number of nitrogens with zero attached hydrogens (tertiary/aromatic N) is 2. The maximum atomic E-state index is 6.23. The molecule has 1 aliphatic heterocycles. The molecule has 1 aliphatic rings. The summed E-state index contributed by atoms with van der Waals surface area (Å²) in [7, 11) is 0. The lowest BCUT2D eigenvalue weighted by Gasteiger charge is -2.08. The van der Waals surface area contributed by atoms with Crippen LogP contribution in [0.3, 0.4) is 0 Å². The first-order valence-electron chi connectivity index (χ1n) is 5.19. The molecule has 2 aromatic rings. The predicted octanol–water partition coefficient (Wildman–Crippen LogP) is 3.32. The molecule has 0 unspecified atom stereocenters. The van der Waals surface area contributed by atoms with Gasteiger partial charge in [0.1, 0.15) is 12.3 Å². The molecule has 5 heteroatoms. The van der Waals surface area contributed by atoms with Crippen LogP contribution < -0.4 is 0 Å². The fraction of sp³-hybridized carbons (Fsp3) is 0.167. The highest BCUT2D eigenvalue weighted by atomic mass is 35.5. The van der Waals surface area contributed by atoms with Gasteiger partial charge in [-0.05, 0) is 6.07 Å². The molecule has 0 amide bonds. The Bertz CT molecular complexity index is 625. The van der Waals surface area contributed by atoms with Crippen molar-refractivity contribution >= 4 is 40.0 Å². The van der Waals surface area contributed by atoms with Gasteiger partial charge in [-0.2, -0.15) is 0 Å². The number of aromatic nitrogens is 1. The number of hydrogen-bond donors (Lipinski definition) is 0. The van der Waals surface area contributed by atoms with E-state index in [-0.39, 0.29) is 0 Å². The zero-order chi connectivity index (χ0) is 11.8. The number of para-hydroxylation sites is 1. The lowest BCUT2D eigenvalue weighted by atomic mass is 10.2. The van der Waals surface area contributed by atoms with E-state index in [4.69, 9.17) is 27.9 Å². The molecule has 1 aromatic carbocycles. The van der Waals surface area contributed by atoms with Gasteiger partial charge in [-0.15, -0.1) is 0 Å². The summed E-state index contributed by atoms with van der Waals surface area (Å²) in [5.74, 6) is 0.475. The minimum absolute atomic E-state index is 0.394. The van der Waals surface area contributed by atoms with Gasteiger partial charge in [0.2, 0.25) is 5.90 Å². The molecule has 0 atom stereocenters. The molecule has 0 saturated heterocycles. The molecule has 3 nitrogen and oxygen atoms in total. The van der Waals surface area contributed by atoms with Gasteiger partial charge in [-0.3, -0.25) is 0 Å². The Morgan fingerprint density at radius 1 is 1.12 bits per heavy atom. The summed E-state index contributed by atoms with van der Waals surface area (Å²) in [5.41, 5.74) is 1.31. The average molecular weight is 267 g/mol. The Kier molecular flexibility index (Phi) is 2.65. The normalized spacial score (nSPS) is 14.8. The zero-order valence-electron chi connectivity index (χ0n) is 8.78. The predicted molar refractivity (Wildman–Crippen MR) is 69.1 cm³/mol. The van der Waals surface area contributed by atoms with E-state index in [0.29, 0.717) is 34.8 Å². The van der Waals surface area contributed by atoms with Crippen molar-refractivity contribution in [3.8, 4) is 0 Å². The van der Waals surface area contributed by atoms with Gasteiger partial charge >= 0.3 is 0 Å². The first-order chi connectivity index (χ1) is 8.27. The molecule has 0 radical (unpaired) electrons. The molecule has 0 bridgehead atoms. The van der Waals surface area contributed by atoms with E-state index >= 15 is 0 Å². The largest absolute Gasteiger partial charge is 0.474 e. The van der Waals surface area contributed by atoms with Gasteiger partial charge in [-0.25, -0.2) is 9.98 Å². The third kappa shape index (κ3) is 1.75. The number of fused-ring (bicyclic) bond motifs is 1. The summed E-state index contributed by atoms with van der Waals surface area (Å²) < 4.78 is 5.37. The highest BCUT2D eigenvalue weighted by Gasteiger charge is 2.19. The molecule has 2 heterocycles. The second-order valence-corrected chi connectivity index (χ2v) is 4.40. The van der Waals surface area contributed by atoms with Crippen molar-refractivity contribution in [1.29, 1.82) is 0 Å². The standard InChI is InChI=1S/C12H8Cl2N2O/c13-9-7-3-1-2-4-8(7)16-11(10(9)14)12-15-5-6-17-12/h1-4H,5-6H2. The molecular weight excluding hydrogens is 259 g/mol. The minimum atomic E-state index is 0.394. The van der Waals surface area contributed by atoms with Crippen molar-refractivity contribution < 1.29 is 4.74 Å². The summed E-state index contributed by atoms with van der Waals surface area (Å²) in [4.78, 5) is 8.65. The Labute approximate surface area is 108 Å². The molecule has 0 N–H and O–H groups in total. The zero-order valence-corrected chi connectivity index (χ0v) is 10.3. The van der Waals surface area contributed by atoms with Crippen molar-refractivity contribution in [3.05, 3.63) is 40.0 Å². The highest BCUT2D eigenvalue weighted by Crippen LogP contribution is 2.32. The van der Waals surface area contributed by atoms with Crippen LogP contribution in [0.25, 0.3) is 10.9 Å². The van der Waals surface area contributed by atoms with Crippen LogP contribution in [0.15, 0.2) is 29.3 Å². The summed E-state index contributed by atoms with van der Waals surface area (Å²) in [6, 6.07) is 7.57. The maximum Gasteiger partial charge on any atom is 0.237 e. The van der Waals surface area contributed by atoms with Crippen LogP contribution in [0, 0.1) is 0 Å². The fourth-order valence-electron chi connectivity index (χ4n) is 1.77. The van der Waals surface area contributed by atoms with E-state index in [1.165, 1.54) is 0 Å². The molecule has 0 fully saturated rings. The lowest BCUT2D eigenvalue weighted by molar-refractivity contribution is 0.347. The Balaban J connectivity index is 2.29. The summed E-state index contributed by atoms with van der Waals surface area (Å²) in [6.45, 7) is 1.20. The van der Waals surface area contributed by atoms with Crippen LogP contribution in [0.4, 0.5) is 0 Å². The van der Waals surface area contributed by atoms with Gasteiger partial charge < -0.3 is 4.74 Å². The molecular formula is C12H8Cl2N2O. The number of benzene rings is 1. The number of ether oxygens (including phenoxy) is 1. The van der Waals surface area contributed by atoms with E-state index in [2.05, 4.69) is 9.98 Å². The second-order valence-electron chi connectivity index (χ2n) is 3.64. The maximum absolute atomic E-state index is 6.23. The highest BCUT2D eigenvalue weighted by molar-refractivity contribution is 6.46. The Morgan fingerprint density at radius 3 is 2.71 bits per heavy atom. The van der Waals surface area contributed by atoms with E-state index in [9.17, 15) is 0 Å². The molecule has 17 heavy (non-hydrogen) atoms. The van der Waals surface area contributed by atoms with Crippen molar-refractivity contribution in [1.82, 2.24) is 4.98 Å². The molecule has 86 valence electrons. The van der Waals surface area contributed by atoms with E-state index in [0.717, 1.165) is 10.9 Å². The minimum Gasteiger partial charge on any atom is -0.474 e. The molecule has 0 aliphatic carbocycles. The van der Waals surface area contributed by atoms with Gasteiger partial charge in [0.25, 0.3) is 0 Å². The van der Waals surface area contributed by atoms with Gasteiger partial charge in [-0.1, -0.05) is 41.4 Å². The SMILES string of the molecule is Clc1c(C2=NCCO2)nc2ccccc2c1Cl. The first kappa shape index (κ1) is 10.8. The summed E-state index contributed by atoms with van der Waals surface area (Å²) >= 11 is 12.4. The van der Waals surface area contributed by atoms with Crippen LogP contribution in [0.2, 0.25) is 10.0 Å². The van der Waals surface area contributed by atoms with Crippen LogP contribution in [0.1, 0.15) is 5.69 Å². The van der Waals surface area contributed by atoms with Crippen molar-refractivity contribution in [2.75, 3.05) is 13.2 Å². The molecule has 0 spiro atoms. The Morgan fingerprint density at radius 2 is 1.94 bits per heavy atom.